The van der Waals surface area contributed by atoms with Gasteiger partial charge in [-0.25, -0.2) is 0 Å². The van der Waals surface area contributed by atoms with Crippen LogP contribution in [0.5, 0.6) is 0 Å². The zero-order valence-corrected chi connectivity index (χ0v) is 95.7. The molecular formula is C124H116Ge3Ir3N6O3-6. The van der Waals surface area contributed by atoms with Gasteiger partial charge in [0, 0.05) is 95.1 Å². The van der Waals surface area contributed by atoms with Gasteiger partial charge in [0.25, 0.3) is 0 Å². The summed E-state index contributed by atoms with van der Waals surface area (Å²) in [5.41, 5.74) is 30.9. The van der Waals surface area contributed by atoms with Crippen LogP contribution in [0.1, 0.15) is 107 Å². The van der Waals surface area contributed by atoms with Gasteiger partial charge in [-0.15, -0.1) is 54.6 Å². The van der Waals surface area contributed by atoms with Crippen molar-refractivity contribution in [3.05, 3.63) is 417 Å². The summed E-state index contributed by atoms with van der Waals surface area (Å²) in [5.74, 6) is 23.9. The summed E-state index contributed by atoms with van der Waals surface area (Å²) in [6.45, 7) is 20.1. The molecule has 0 unspecified atom stereocenters. The molecule has 0 saturated heterocycles. The number of furan rings is 3. The molecule has 0 amide bonds. The Bertz CT molecular complexity index is 7420. The van der Waals surface area contributed by atoms with Crippen LogP contribution in [-0.2, 0) is 60.3 Å². The first-order valence-electron chi connectivity index (χ1n) is 47.1. The van der Waals surface area contributed by atoms with E-state index in [4.69, 9.17) is 13.3 Å². The van der Waals surface area contributed by atoms with E-state index in [0.717, 1.165) is 133 Å². The van der Waals surface area contributed by atoms with Crippen LogP contribution >= 0.6 is 0 Å². The van der Waals surface area contributed by atoms with Crippen LogP contribution in [-0.4, -0.2) is 69.7 Å². The Morgan fingerprint density at radius 3 is 1.02 bits per heavy atom. The van der Waals surface area contributed by atoms with Gasteiger partial charge in [0.1, 0.15) is 16.7 Å². The minimum absolute atomic E-state index is 0. The third-order valence-corrected chi connectivity index (χ3v) is 37.3. The molecule has 9 nitrogen and oxygen atoms in total. The standard InChI is InChI=1S/C26H20NO.C24H16NO.C23H14NO.3C17H22GeN.3Ir/c1-17(2)19-13-14-27-24(16-19)22-10-6-9-21-23-15-20(18-7-4-3-5-8-18)11-12-25(23)28-26(21)22;1-16-13-14-25-21(15-16)19-10-5-11-20-23-18(17-7-3-2-4-8-17)9-6-12-22(23)26-24(19)20;1-2-7-16(8-3-1)17-12-13-22-20(15-17)18-9-6-10-19(23(18)25-22)21-11-4-5-14-24-21;3*1-13(2)15-11-17(14-9-7-6-8-10-14)19-12-16(15)18(3,4)5;;;/h3-9,11-17H,1-2H3;2-9,11-15H,1H3;1-9,11-15H;3*6-9,11-13H,1-5H3;;;/q6*-1;;;. The largest absolute Gasteiger partial charge is 0.501 e. The van der Waals surface area contributed by atoms with Crippen LogP contribution in [0.25, 0.3) is 167 Å². The van der Waals surface area contributed by atoms with E-state index in [0.29, 0.717) is 23.7 Å². The molecule has 0 spiro atoms. The molecule has 705 valence electrons. The predicted molar refractivity (Wildman–Crippen MR) is 579 cm³/mol. The quantitative estimate of drug-likeness (QED) is 0.0688. The number of nitrogens with zero attached hydrogens (tertiary/aromatic N) is 6. The Kier molecular flexibility index (Phi) is 35.6. The second-order valence-electron chi connectivity index (χ2n) is 38.9. The third-order valence-electron chi connectivity index (χ3n) is 24.5. The zero-order chi connectivity index (χ0) is 95.4. The van der Waals surface area contributed by atoms with Crippen molar-refractivity contribution < 1.29 is 73.6 Å². The third kappa shape index (κ3) is 25.1. The monoisotopic (exact) mass is 2540 g/mol. The summed E-state index contributed by atoms with van der Waals surface area (Å²) in [5, 5.41) is 6.65. The predicted octanol–water partition coefficient (Wildman–Crippen LogP) is 32.4. The fraction of sp³-hybridized carbons (Fsp3) is 0.177. The molecule has 0 aliphatic heterocycles. The first kappa shape index (κ1) is 105. The normalized spacial score (nSPS) is 11.3. The molecule has 0 aliphatic rings. The molecule has 21 rings (SSSR count). The van der Waals surface area contributed by atoms with Gasteiger partial charge >= 0.3 is 357 Å². The molecule has 0 saturated carbocycles. The maximum Gasteiger partial charge on any atom is 0.121 e. The van der Waals surface area contributed by atoms with Crippen molar-refractivity contribution in [2.45, 2.75) is 138 Å². The summed E-state index contributed by atoms with van der Waals surface area (Å²) in [7, 11) is 0. The molecule has 21 aromatic rings. The fourth-order valence-electron chi connectivity index (χ4n) is 17.3. The van der Waals surface area contributed by atoms with E-state index in [9.17, 15) is 0 Å². The Labute approximate surface area is 869 Å². The SMILES string of the molecule is CC(C)c1cc(-c2[c-]cccc2)nc[c]1[Ge]([CH3])([CH3])[CH3].CC(C)c1cc(-c2[c-]cccc2)nc[c]1[Ge]([CH3])([CH3])[CH3].CC(C)c1cc(-c2[c-]cccc2)nc[c]1[Ge]([CH3])([CH3])[CH3].CC(C)c1ccnc(-c2[c-]ccc3c2oc2ccc(-c4ccccc4)cc23)c1.Cc1ccnc(-c2[c-]ccc3c2oc2cccc(-c4ccccc4)c23)c1.[Ir].[Ir].[Ir].[c-]1ccc2c(oc3ccc(-c4ccccc4)cc32)c1-c1ccccn1. The molecule has 15 heteroatoms. The minimum atomic E-state index is -1.85. The summed E-state index contributed by atoms with van der Waals surface area (Å²) in [6, 6.07) is 127. The number of benzene rings is 12. The van der Waals surface area contributed by atoms with Crippen LogP contribution in [0.4, 0.5) is 0 Å². The topological polar surface area (TPSA) is 117 Å². The number of hydrogen-bond acceptors (Lipinski definition) is 9. The van der Waals surface area contributed by atoms with Gasteiger partial charge in [0.2, 0.25) is 0 Å². The number of fused-ring (bicyclic) bond motifs is 9. The van der Waals surface area contributed by atoms with Crippen molar-refractivity contribution in [3.63, 3.8) is 0 Å². The van der Waals surface area contributed by atoms with Crippen LogP contribution in [0.15, 0.2) is 366 Å². The van der Waals surface area contributed by atoms with Gasteiger partial charge in [0.05, 0.1) is 16.7 Å². The van der Waals surface area contributed by atoms with Crippen LogP contribution in [0, 0.1) is 43.3 Å². The maximum atomic E-state index is 6.27. The van der Waals surface area contributed by atoms with E-state index in [1.807, 2.05) is 146 Å². The van der Waals surface area contributed by atoms with Gasteiger partial charge in [-0.2, -0.15) is 0 Å². The summed E-state index contributed by atoms with van der Waals surface area (Å²) < 4.78 is 23.3. The van der Waals surface area contributed by atoms with E-state index in [2.05, 4.69) is 381 Å². The number of aromatic nitrogens is 6. The van der Waals surface area contributed by atoms with Crippen molar-refractivity contribution in [3.8, 4) is 101 Å². The van der Waals surface area contributed by atoms with Gasteiger partial charge in [-0.3, -0.25) is 0 Å². The molecule has 9 aromatic heterocycles. The van der Waals surface area contributed by atoms with E-state index in [-0.39, 0.29) is 60.3 Å². The molecule has 12 aromatic carbocycles. The number of rotatable bonds is 16. The van der Waals surface area contributed by atoms with E-state index in [1.54, 1.807) is 6.20 Å². The summed E-state index contributed by atoms with van der Waals surface area (Å²) in [6.07, 6.45) is 11.8. The average Bonchev–Trinajstić information content (AvgIpc) is 1.61. The first-order valence-corrected chi connectivity index (χ1v) is 69.1. The fourth-order valence-corrected chi connectivity index (χ4v) is 27.8. The van der Waals surface area contributed by atoms with Gasteiger partial charge in [0.15, 0.2) is 0 Å². The molecule has 9 heterocycles. The second kappa shape index (κ2) is 47.2. The van der Waals surface area contributed by atoms with Gasteiger partial charge < -0.3 is 28.2 Å². The zero-order valence-electron chi connectivity index (χ0n) is 82.2. The van der Waals surface area contributed by atoms with Crippen LogP contribution in [0.2, 0.25) is 51.8 Å². The maximum absolute atomic E-state index is 6.27. The van der Waals surface area contributed by atoms with E-state index >= 15 is 0 Å². The molecule has 0 aliphatic carbocycles. The van der Waals surface area contributed by atoms with E-state index < -0.39 is 39.8 Å². The Morgan fingerprint density at radius 2 is 0.633 bits per heavy atom. The number of aryl methyl sites for hydroxylation is 1. The minimum Gasteiger partial charge on any atom is -0.501 e. The van der Waals surface area contributed by atoms with Crippen molar-refractivity contribution in [2.75, 3.05) is 0 Å². The molecule has 0 N–H and O–H groups in total. The summed E-state index contributed by atoms with van der Waals surface area (Å²) in [4.78, 5) is 27.6. The molecule has 0 bridgehead atoms. The Balaban J connectivity index is 0.000000141. The van der Waals surface area contributed by atoms with E-state index in [1.165, 1.54) is 74.4 Å². The van der Waals surface area contributed by atoms with Gasteiger partial charge in [-0.1, -0.05) is 197 Å². The van der Waals surface area contributed by atoms with Crippen molar-refractivity contribution >= 4 is 119 Å². The van der Waals surface area contributed by atoms with Crippen molar-refractivity contribution in [1.29, 1.82) is 0 Å². The second-order valence-corrected chi connectivity index (χ2v) is 70.6. The molecule has 0 fully saturated rings. The average molecular weight is 2530 g/mol. The van der Waals surface area contributed by atoms with Gasteiger partial charge in [-0.05, 0) is 112 Å². The van der Waals surface area contributed by atoms with Crippen molar-refractivity contribution in [1.82, 2.24) is 29.9 Å². The van der Waals surface area contributed by atoms with Crippen LogP contribution in [0.3, 0.4) is 0 Å². The Morgan fingerprint density at radius 1 is 0.259 bits per heavy atom. The summed E-state index contributed by atoms with van der Waals surface area (Å²) >= 11 is -5.55. The smallest absolute Gasteiger partial charge is 0.121 e. The number of pyridine rings is 6. The van der Waals surface area contributed by atoms with Crippen molar-refractivity contribution in [2.24, 2.45) is 0 Å². The number of hydrogen-bond donors (Lipinski definition) is 0. The molecular weight excluding hydrogens is 2420 g/mol. The molecule has 0 atom stereocenters. The Hall–Kier alpha value is -11.5. The van der Waals surface area contributed by atoms with Crippen LogP contribution < -0.4 is 13.2 Å². The molecule has 139 heavy (non-hydrogen) atoms. The molecule has 3 radical (unpaired) electrons. The first-order chi connectivity index (χ1) is 65.6.